The van der Waals surface area contributed by atoms with Gasteiger partial charge in [0.15, 0.2) is 5.82 Å². The van der Waals surface area contributed by atoms with Crippen molar-refractivity contribution in [3.8, 4) is 0 Å². The Bertz CT molecular complexity index is 1240. The SMILES string of the molecule is C1=CC=C(CNc2nc(Nc3ccc4[nH]ncc4c3)c3sccc3n2)CC=C1.CF. The number of fused-ring (bicyclic) bond motifs is 2. The normalized spacial score (nSPS) is 12.9. The molecular formula is C22H21FN6S. The van der Waals surface area contributed by atoms with Crippen molar-refractivity contribution in [3.05, 3.63) is 71.8 Å². The molecule has 0 unspecified atom stereocenters. The van der Waals surface area contributed by atoms with Crippen molar-refractivity contribution >= 4 is 49.9 Å². The van der Waals surface area contributed by atoms with E-state index >= 15 is 0 Å². The summed E-state index contributed by atoms with van der Waals surface area (Å²) in [7, 11) is 0.500. The lowest BCUT2D eigenvalue weighted by Crippen LogP contribution is -2.08. The van der Waals surface area contributed by atoms with Crippen LogP contribution in [0.15, 0.2) is 71.8 Å². The lowest BCUT2D eigenvalue weighted by atomic mass is 10.2. The fraction of sp³-hybridized carbons (Fsp3) is 0.136. The maximum atomic E-state index is 9.50. The number of rotatable bonds is 5. The molecule has 0 fully saturated rings. The van der Waals surface area contributed by atoms with E-state index in [-0.39, 0.29) is 0 Å². The van der Waals surface area contributed by atoms with Crippen molar-refractivity contribution in [1.29, 1.82) is 0 Å². The van der Waals surface area contributed by atoms with Gasteiger partial charge < -0.3 is 10.6 Å². The third-order valence-electron chi connectivity index (χ3n) is 4.55. The molecule has 3 heterocycles. The summed E-state index contributed by atoms with van der Waals surface area (Å²) < 4.78 is 10.5. The molecule has 0 saturated carbocycles. The van der Waals surface area contributed by atoms with Crippen molar-refractivity contribution in [2.45, 2.75) is 6.42 Å². The van der Waals surface area contributed by atoms with E-state index in [9.17, 15) is 4.39 Å². The molecule has 1 aliphatic rings. The predicted octanol–water partition coefficient (Wildman–Crippen LogP) is 5.75. The average molecular weight is 421 g/mol. The second kappa shape index (κ2) is 9.32. The third kappa shape index (κ3) is 4.38. The molecule has 5 rings (SSSR count). The van der Waals surface area contributed by atoms with E-state index in [2.05, 4.69) is 56.2 Å². The zero-order valence-electron chi connectivity index (χ0n) is 16.4. The van der Waals surface area contributed by atoms with Gasteiger partial charge in [-0.3, -0.25) is 9.49 Å². The fourth-order valence-electron chi connectivity index (χ4n) is 3.13. The first-order valence-corrected chi connectivity index (χ1v) is 10.3. The molecule has 1 aliphatic carbocycles. The van der Waals surface area contributed by atoms with Gasteiger partial charge in [0.05, 0.1) is 29.1 Å². The van der Waals surface area contributed by atoms with Crippen LogP contribution in [0.2, 0.25) is 0 Å². The number of halogens is 1. The topological polar surface area (TPSA) is 78.5 Å². The molecule has 6 nitrogen and oxygen atoms in total. The number of H-pyrrole nitrogens is 1. The van der Waals surface area contributed by atoms with Gasteiger partial charge in [-0.15, -0.1) is 11.3 Å². The summed E-state index contributed by atoms with van der Waals surface area (Å²) in [6, 6.07) is 8.11. The van der Waals surface area contributed by atoms with Crippen LogP contribution in [0.4, 0.5) is 21.8 Å². The molecule has 8 heteroatoms. The lowest BCUT2D eigenvalue weighted by molar-refractivity contribution is 0.636. The molecule has 0 amide bonds. The molecule has 1 aromatic carbocycles. The molecule has 3 aromatic heterocycles. The summed E-state index contributed by atoms with van der Waals surface area (Å²) in [6.45, 7) is 0.713. The Labute approximate surface area is 177 Å². The Balaban J connectivity index is 0.00000106. The molecule has 0 spiro atoms. The largest absolute Gasteiger partial charge is 0.350 e. The van der Waals surface area contributed by atoms with E-state index in [0.717, 1.165) is 39.0 Å². The highest BCUT2D eigenvalue weighted by molar-refractivity contribution is 7.17. The first-order chi connectivity index (χ1) is 14.8. The van der Waals surface area contributed by atoms with Crippen LogP contribution in [-0.4, -0.2) is 33.9 Å². The molecule has 0 radical (unpaired) electrons. The van der Waals surface area contributed by atoms with E-state index in [1.165, 1.54) is 5.57 Å². The summed E-state index contributed by atoms with van der Waals surface area (Å²) in [5.41, 5.74) is 4.20. The smallest absolute Gasteiger partial charge is 0.225 e. The minimum atomic E-state index is 0.500. The standard InChI is InChI=1S/C21H18N6S.CH3F/c1-2-4-6-14(5-3-1)12-22-21-25-18-9-10-28-19(18)20(26-21)24-16-7-8-17-15(11-16)13-23-27-17;1-2/h1-5,7-11,13H,6,12H2,(H,23,27)(H2,22,24,25,26);1H3. The van der Waals surface area contributed by atoms with Gasteiger partial charge >= 0.3 is 0 Å². The molecule has 30 heavy (non-hydrogen) atoms. The number of aromatic amines is 1. The second-order valence-electron chi connectivity index (χ2n) is 6.52. The van der Waals surface area contributed by atoms with Crippen LogP contribution in [0.5, 0.6) is 0 Å². The Morgan fingerprint density at radius 1 is 1.13 bits per heavy atom. The van der Waals surface area contributed by atoms with Gasteiger partial charge in [-0.2, -0.15) is 10.1 Å². The van der Waals surface area contributed by atoms with E-state index in [1.807, 2.05) is 35.9 Å². The van der Waals surface area contributed by atoms with Crippen LogP contribution < -0.4 is 10.6 Å². The van der Waals surface area contributed by atoms with Crippen molar-refractivity contribution in [1.82, 2.24) is 20.2 Å². The molecule has 0 aliphatic heterocycles. The van der Waals surface area contributed by atoms with Gasteiger partial charge in [-0.25, -0.2) is 4.98 Å². The number of benzene rings is 1. The van der Waals surface area contributed by atoms with Gasteiger partial charge in [0, 0.05) is 17.6 Å². The highest BCUT2D eigenvalue weighted by Gasteiger charge is 2.10. The maximum absolute atomic E-state index is 9.50. The zero-order chi connectivity index (χ0) is 20.8. The van der Waals surface area contributed by atoms with Gasteiger partial charge in [-0.05, 0) is 41.6 Å². The fourth-order valence-corrected chi connectivity index (χ4v) is 3.91. The quantitative estimate of drug-likeness (QED) is 0.383. The number of thiophene rings is 1. The predicted molar refractivity (Wildman–Crippen MR) is 123 cm³/mol. The van der Waals surface area contributed by atoms with Crippen LogP contribution in [0, 0.1) is 0 Å². The summed E-state index contributed by atoms with van der Waals surface area (Å²) in [5.74, 6) is 1.43. The van der Waals surface area contributed by atoms with Gasteiger partial charge in [0.25, 0.3) is 0 Å². The number of allylic oxidation sites excluding steroid dienone is 5. The molecule has 4 aromatic rings. The van der Waals surface area contributed by atoms with Gasteiger partial charge in [-0.1, -0.05) is 30.4 Å². The van der Waals surface area contributed by atoms with E-state index in [1.54, 1.807) is 11.3 Å². The Hall–Kier alpha value is -3.52. The summed E-state index contributed by atoms with van der Waals surface area (Å²) in [4.78, 5) is 9.39. The summed E-state index contributed by atoms with van der Waals surface area (Å²) in [5, 5.41) is 17.0. The van der Waals surface area contributed by atoms with E-state index in [4.69, 9.17) is 4.98 Å². The Morgan fingerprint density at radius 3 is 3.00 bits per heavy atom. The first kappa shape index (κ1) is 19.8. The van der Waals surface area contributed by atoms with Crippen molar-refractivity contribution < 1.29 is 4.39 Å². The Kier molecular flexibility index (Phi) is 6.14. The monoisotopic (exact) mass is 420 g/mol. The summed E-state index contributed by atoms with van der Waals surface area (Å²) in [6.07, 6.45) is 13.2. The van der Waals surface area contributed by atoms with Crippen LogP contribution in [-0.2, 0) is 0 Å². The Morgan fingerprint density at radius 2 is 2.07 bits per heavy atom. The van der Waals surface area contributed by atoms with Crippen LogP contribution in [0.25, 0.3) is 21.1 Å². The van der Waals surface area contributed by atoms with E-state index < -0.39 is 0 Å². The van der Waals surface area contributed by atoms with Crippen LogP contribution in [0.3, 0.4) is 0 Å². The highest BCUT2D eigenvalue weighted by Crippen LogP contribution is 2.30. The minimum Gasteiger partial charge on any atom is -0.350 e. The minimum absolute atomic E-state index is 0.500. The number of alkyl halides is 1. The number of hydrogen-bond acceptors (Lipinski definition) is 6. The zero-order valence-corrected chi connectivity index (χ0v) is 17.2. The number of hydrogen-bond donors (Lipinski definition) is 3. The molecule has 3 N–H and O–H groups in total. The van der Waals surface area contributed by atoms with Crippen molar-refractivity contribution in [2.75, 3.05) is 24.4 Å². The van der Waals surface area contributed by atoms with Gasteiger partial charge in [0.2, 0.25) is 5.95 Å². The lowest BCUT2D eigenvalue weighted by Gasteiger charge is -2.11. The van der Waals surface area contributed by atoms with Crippen molar-refractivity contribution in [2.24, 2.45) is 0 Å². The molecule has 152 valence electrons. The van der Waals surface area contributed by atoms with Crippen LogP contribution >= 0.6 is 11.3 Å². The third-order valence-corrected chi connectivity index (χ3v) is 5.46. The molecule has 0 saturated heterocycles. The number of aromatic nitrogens is 4. The maximum Gasteiger partial charge on any atom is 0.225 e. The number of nitrogens with one attached hydrogen (secondary N) is 3. The number of anilines is 3. The molecular weight excluding hydrogens is 399 g/mol. The van der Waals surface area contributed by atoms with Crippen LogP contribution in [0.1, 0.15) is 6.42 Å². The molecule has 0 atom stereocenters. The second-order valence-corrected chi connectivity index (χ2v) is 7.44. The van der Waals surface area contributed by atoms with E-state index in [0.29, 0.717) is 19.7 Å². The first-order valence-electron chi connectivity index (χ1n) is 9.43. The summed E-state index contributed by atoms with van der Waals surface area (Å²) >= 11 is 1.63. The van der Waals surface area contributed by atoms with Crippen molar-refractivity contribution in [3.63, 3.8) is 0 Å². The van der Waals surface area contributed by atoms with Gasteiger partial charge in [0.1, 0.15) is 0 Å². The highest BCUT2D eigenvalue weighted by atomic mass is 32.1. The average Bonchev–Trinajstić information content (AvgIpc) is 3.37. The number of nitrogens with zero attached hydrogens (tertiary/aromatic N) is 3. The molecule has 0 bridgehead atoms.